The van der Waals surface area contributed by atoms with Crippen molar-refractivity contribution in [2.75, 3.05) is 5.32 Å². The zero-order chi connectivity index (χ0) is 15.4. The number of carbonyl (C=O) groups excluding carboxylic acids is 1. The second-order valence-corrected chi connectivity index (χ2v) is 7.74. The zero-order valence-electron chi connectivity index (χ0n) is 11.4. The normalized spacial score (nSPS) is 12.2. The number of hydrogen-bond acceptors (Lipinski definition) is 5. The van der Waals surface area contributed by atoms with Gasteiger partial charge in [0.1, 0.15) is 0 Å². The Morgan fingerprint density at radius 1 is 1.38 bits per heavy atom. The molecule has 1 heterocycles. The van der Waals surface area contributed by atoms with E-state index in [1.807, 2.05) is 0 Å². The first-order valence-electron chi connectivity index (χ1n) is 6.26. The largest absolute Gasteiger partial charge is 0.296 e. The van der Waals surface area contributed by atoms with Crippen LogP contribution in [-0.2, 0) is 0 Å². The maximum Gasteiger partial charge on any atom is 0.260 e. The van der Waals surface area contributed by atoms with E-state index in [1.165, 1.54) is 11.3 Å². The van der Waals surface area contributed by atoms with Crippen LogP contribution in [-0.4, -0.2) is 21.4 Å². The average Bonchev–Trinajstić information content (AvgIpc) is 2.85. The molecule has 1 aromatic heterocycles. The fourth-order valence-corrected chi connectivity index (χ4v) is 4.00. The summed E-state index contributed by atoms with van der Waals surface area (Å²) in [6.45, 7) is 4.23. The van der Waals surface area contributed by atoms with E-state index in [0.29, 0.717) is 20.4 Å². The molecular formula is C13H13Cl2N3OS2. The molecule has 0 aliphatic heterocycles. The van der Waals surface area contributed by atoms with Crippen molar-refractivity contribution < 1.29 is 4.79 Å². The van der Waals surface area contributed by atoms with Crippen molar-refractivity contribution in [3.05, 3.63) is 33.8 Å². The maximum atomic E-state index is 12.2. The van der Waals surface area contributed by atoms with Gasteiger partial charge in [0.05, 0.1) is 15.6 Å². The quantitative estimate of drug-likeness (QED) is 0.602. The topological polar surface area (TPSA) is 54.9 Å². The average molecular weight is 362 g/mol. The molecular weight excluding hydrogens is 349 g/mol. The smallest absolute Gasteiger partial charge is 0.260 e. The monoisotopic (exact) mass is 361 g/mol. The van der Waals surface area contributed by atoms with E-state index in [9.17, 15) is 4.79 Å². The van der Waals surface area contributed by atoms with Crippen LogP contribution >= 0.6 is 46.3 Å². The third kappa shape index (κ3) is 4.32. The lowest BCUT2D eigenvalue weighted by molar-refractivity contribution is 0.102. The molecule has 0 fully saturated rings. The number of nitrogens with one attached hydrogen (secondary N) is 1. The molecule has 4 nitrogen and oxygen atoms in total. The molecule has 8 heteroatoms. The van der Waals surface area contributed by atoms with Crippen molar-refractivity contribution >= 4 is 57.3 Å². The van der Waals surface area contributed by atoms with E-state index in [0.717, 1.165) is 10.8 Å². The van der Waals surface area contributed by atoms with Crippen molar-refractivity contribution in [1.29, 1.82) is 0 Å². The zero-order valence-corrected chi connectivity index (χ0v) is 14.5. The highest BCUT2D eigenvalue weighted by atomic mass is 35.5. The first-order valence-corrected chi connectivity index (χ1v) is 8.72. The molecule has 2 aromatic rings. The van der Waals surface area contributed by atoms with Crippen molar-refractivity contribution in [3.63, 3.8) is 0 Å². The molecule has 0 radical (unpaired) electrons. The standard InChI is InChI=1S/C13H13Cl2N3OS2/c1-3-7(2)20-13-18-17-12(21-13)16-11(19)10-8(14)5-4-6-9(10)15/h4-7H,3H2,1-2H3,(H,16,17,19). The Bertz CT molecular complexity index is 628. The third-order valence-corrected chi connectivity index (χ3v) is 5.51. The van der Waals surface area contributed by atoms with Gasteiger partial charge in [-0.15, -0.1) is 10.2 Å². The van der Waals surface area contributed by atoms with Gasteiger partial charge < -0.3 is 0 Å². The number of thioether (sulfide) groups is 1. The van der Waals surface area contributed by atoms with E-state index >= 15 is 0 Å². The molecule has 1 atom stereocenters. The van der Waals surface area contributed by atoms with Gasteiger partial charge in [0, 0.05) is 5.25 Å². The second-order valence-electron chi connectivity index (χ2n) is 4.26. The minimum absolute atomic E-state index is 0.243. The summed E-state index contributed by atoms with van der Waals surface area (Å²) in [6, 6.07) is 4.92. The highest BCUT2D eigenvalue weighted by Gasteiger charge is 2.17. The van der Waals surface area contributed by atoms with E-state index in [2.05, 4.69) is 29.4 Å². The van der Waals surface area contributed by atoms with Crippen LogP contribution in [0.15, 0.2) is 22.5 Å². The van der Waals surface area contributed by atoms with Crippen molar-refractivity contribution in [3.8, 4) is 0 Å². The van der Waals surface area contributed by atoms with E-state index in [-0.39, 0.29) is 11.5 Å². The van der Waals surface area contributed by atoms with Crippen LogP contribution in [0.2, 0.25) is 10.0 Å². The van der Waals surface area contributed by atoms with Crippen LogP contribution in [0.1, 0.15) is 30.6 Å². The molecule has 0 spiro atoms. The molecule has 21 heavy (non-hydrogen) atoms. The van der Waals surface area contributed by atoms with E-state index in [1.54, 1.807) is 30.0 Å². The highest BCUT2D eigenvalue weighted by molar-refractivity contribution is 8.01. The number of rotatable bonds is 5. The summed E-state index contributed by atoms with van der Waals surface area (Å²) in [7, 11) is 0. The van der Waals surface area contributed by atoms with Gasteiger partial charge in [-0.25, -0.2) is 0 Å². The van der Waals surface area contributed by atoms with Crippen LogP contribution in [0, 0.1) is 0 Å². The predicted molar refractivity (Wildman–Crippen MR) is 89.9 cm³/mol. The predicted octanol–water partition coefficient (Wildman–Crippen LogP) is 4.99. The second kappa shape index (κ2) is 7.45. The molecule has 1 aromatic carbocycles. The lowest BCUT2D eigenvalue weighted by Gasteiger charge is -2.05. The molecule has 0 bridgehead atoms. The van der Waals surface area contributed by atoms with E-state index in [4.69, 9.17) is 23.2 Å². The SMILES string of the molecule is CCC(C)Sc1nnc(NC(=O)c2c(Cl)cccc2Cl)s1. The lowest BCUT2D eigenvalue weighted by atomic mass is 10.2. The molecule has 1 amide bonds. The summed E-state index contributed by atoms with van der Waals surface area (Å²) in [5.41, 5.74) is 0.243. The Kier molecular flexibility index (Phi) is 5.87. The van der Waals surface area contributed by atoms with Gasteiger partial charge in [-0.05, 0) is 18.6 Å². The summed E-state index contributed by atoms with van der Waals surface area (Å²) >= 11 is 15.0. The van der Waals surface area contributed by atoms with Crippen molar-refractivity contribution in [2.45, 2.75) is 29.9 Å². The summed E-state index contributed by atoms with van der Waals surface area (Å²) in [5, 5.41) is 12.2. The Labute approximate surface area is 141 Å². The number of benzene rings is 1. The number of carbonyl (C=O) groups is 1. The minimum Gasteiger partial charge on any atom is -0.296 e. The third-order valence-electron chi connectivity index (χ3n) is 2.69. The van der Waals surface area contributed by atoms with E-state index < -0.39 is 0 Å². The van der Waals surface area contributed by atoms with Gasteiger partial charge in [0.15, 0.2) is 4.34 Å². The first kappa shape index (κ1) is 16.5. The van der Waals surface area contributed by atoms with Crippen molar-refractivity contribution in [2.24, 2.45) is 0 Å². The van der Waals surface area contributed by atoms with Gasteiger partial charge in [-0.2, -0.15) is 0 Å². The van der Waals surface area contributed by atoms with Gasteiger partial charge in [0.25, 0.3) is 5.91 Å². The van der Waals surface area contributed by atoms with Crippen LogP contribution in [0.5, 0.6) is 0 Å². The first-order chi connectivity index (χ1) is 10.0. The highest BCUT2D eigenvalue weighted by Crippen LogP contribution is 2.31. The van der Waals surface area contributed by atoms with Crippen molar-refractivity contribution in [1.82, 2.24) is 10.2 Å². The Hall–Kier alpha value is -0.820. The molecule has 0 aliphatic carbocycles. The molecule has 112 valence electrons. The van der Waals surface area contributed by atoms with Crippen LogP contribution in [0.25, 0.3) is 0 Å². The minimum atomic E-state index is -0.387. The molecule has 0 saturated heterocycles. The van der Waals surface area contributed by atoms with Crippen LogP contribution in [0.4, 0.5) is 5.13 Å². The van der Waals surface area contributed by atoms with Crippen LogP contribution in [0.3, 0.4) is 0 Å². The molecule has 1 unspecified atom stereocenters. The number of nitrogens with zero attached hydrogens (tertiary/aromatic N) is 2. The van der Waals surface area contributed by atoms with Gasteiger partial charge in [0.2, 0.25) is 5.13 Å². The summed E-state index contributed by atoms with van der Waals surface area (Å²) < 4.78 is 0.824. The number of aromatic nitrogens is 2. The summed E-state index contributed by atoms with van der Waals surface area (Å²) in [5.74, 6) is -0.387. The number of anilines is 1. The van der Waals surface area contributed by atoms with Gasteiger partial charge >= 0.3 is 0 Å². The molecule has 0 saturated carbocycles. The van der Waals surface area contributed by atoms with Gasteiger partial charge in [-0.1, -0.05) is 66.2 Å². The maximum absolute atomic E-state index is 12.2. The molecule has 2 rings (SSSR count). The van der Waals surface area contributed by atoms with Crippen LogP contribution < -0.4 is 5.32 Å². The Morgan fingerprint density at radius 2 is 2.05 bits per heavy atom. The summed E-state index contributed by atoms with van der Waals surface area (Å²) in [4.78, 5) is 12.2. The lowest BCUT2D eigenvalue weighted by Crippen LogP contribution is -2.12. The Morgan fingerprint density at radius 3 is 2.67 bits per heavy atom. The molecule has 1 N–H and O–H groups in total. The number of hydrogen-bond donors (Lipinski definition) is 1. The Balaban J connectivity index is 2.10. The number of amides is 1. The molecule has 0 aliphatic rings. The van der Waals surface area contributed by atoms with Gasteiger partial charge in [-0.3, -0.25) is 10.1 Å². The summed E-state index contributed by atoms with van der Waals surface area (Å²) in [6.07, 6.45) is 1.04. The fourth-order valence-electron chi connectivity index (χ4n) is 1.44. The number of halogens is 2. The fraction of sp³-hybridized carbons (Fsp3) is 0.308.